The number of carbonyl (C=O) groups excluding carboxylic acids is 5. The second-order valence-electron chi connectivity index (χ2n) is 22.4. The van der Waals surface area contributed by atoms with Gasteiger partial charge in [0.25, 0.3) is 11.8 Å². The SMILES string of the molecule is CCOC(=O)/C=C/c1cccc(N)c1.CCOC(=O)/C=C/c1cccc(NC(=O)c2ccc3oc4ccccc4c3c2)c1.O=C(O)/C=C/c1cccc(NC(=O)c2ccc3oc4ccccc4c3c2)c1.O=C(O)c1ccc2oc3ccccc3c2c1.O=Cc1ccc2oc3ccccc3c2c1. The van der Waals surface area contributed by atoms with Crippen LogP contribution in [0.5, 0.6) is 0 Å². The van der Waals surface area contributed by atoms with Gasteiger partial charge in [0.2, 0.25) is 0 Å². The summed E-state index contributed by atoms with van der Waals surface area (Å²) in [4.78, 5) is 80.0. The number of rotatable bonds is 14. The third kappa shape index (κ3) is 17.4. The maximum atomic E-state index is 12.7. The van der Waals surface area contributed by atoms with Gasteiger partial charge in [0.05, 0.1) is 18.8 Å². The fourth-order valence-corrected chi connectivity index (χ4v) is 10.8. The van der Waals surface area contributed by atoms with Gasteiger partial charge in [-0.25, -0.2) is 19.2 Å². The molecule has 0 unspecified atom stereocenters. The second-order valence-corrected chi connectivity index (χ2v) is 22.4. The number of fused-ring (bicyclic) bond motifs is 12. The van der Waals surface area contributed by atoms with E-state index in [9.17, 15) is 33.6 Å². The highest BCUT2D eigenvalue weighted by Gasteiger charge is 2.15. The maximum Gasteiger partial charge on any atom is 0.335 e. The van der Waals surface area contributed by atoms with Gasteiger partial charge in [-0.2, -0.15) is 0 Å². The van der Waals surface area contributed by atoms with E-state index in [0.717, 1.165) is 106 Å². The zero-order valence-electron chi connectivity index (χ0n) is 54.3. The number of aldehydes is 1. The minimum Gasteiger partial charge on any atom is -0.478 e. The summed E-state index contributed by atoms with van der Waals surface area (Å²) in [5, 5.41) is 30.9. The van der Waals surface area contributed by atoms with Gasteiger partial charge in [-0.3, -0.25) is 14.4 Å². The van der Waals surface area contributed by atoms with E-state index in [1.807, 2.05) is 152 Å². The van der Waals surface area contributed by atoms with Crippen molar-refractivity contribution in [2.45, 2.75) is 13.8 Å². The predicted molar refractivity (Wildman–Crippen MR) is 395 cm³/mol. The molecule has 4 heterocycles. The van der Waals surface area contributed by atoms with E-state index < -0.39 is 17.9 Å². The van der Waals surface area contributed by atoms with Gasteiger partial charge in [-0.05, 0) is 182 Å². The van der Waals surface area contributed by atoms with Crippen LogP contribution >= 0.6 is 0 Å². The van der Waals surface area contributed by atoms with Crippen molar-refractivity contribution in [3.8, 4) is 0 Å². The first-order chi connectivity index (χ1) is 49.1. The molecule has 18 heteroatoms. The van der Waals surface area contributed by atoms with Crippen LogP contribution in [0.25, 0.3) is 106 Å². The molecule has 4 aromatic heterocycles. The van der Waals surface area contributed by atoms with E-state index >= 15 is 0 Å². The molecule has 0 saturated heterocycles. The second kappa shape index (κ2) is 32.2. The highest BCUT2D eigenvalue weighted by atomic mass is 16.5. The molecule has 101 heavy (non-hydrogen) atoms. The smallest absolute Gasteiger partial charge is 0.335 e. The number of aliphatic carboxylic acids is 1. The molecule has 0 spiro atoms. The number of carbonyl (C=O) groups is 7. The number of anilines is 3. The van der Waals surface area contributed by atoms with Crippen molar-refractivity contribution in [1.29, 1.82) is 0 Å². The first-order valence-corrected chi connectivity index (χ1v) is 31.7. The van der Waals surface area contributed by atoms with Crippen LogP contribution in [0.1, 0.15) is 72.0 Å². The minimum absolute atomic E-state index is 0.219. The first-order valence-electron chi connectivity index (χ1n) is 31.7. The molecular weight excluding hydrogens is 1280 g/mol. The molecule has 0 aliphatic carbocycles. The number of ether oxygens (including phenoxy) is 2. The van der Waals surface area contributed by atoms with Crippen molar-refractivity contribution in [3.05, 3.63) is 300 Å². The lowest BCUT2D eigenvalue weighted by Gasteiger charge is -2.06. The average molecular weight is 1340 g/mol. The molecule has 0 aliphatic heterocycles. The van der Waals surface area contributed by atoms with Crippen molar-refractivity contribution in [2.75, 3.05) is 29.6 Å². The number of esters is 2. The molecule has 15 rings (SSSR count). The number of aromatic carboxylic acids is 1. The Morgan fingerprint density at radius 2 is 0.713 bits per heavy atom. The largest absolute Gasteiger partial charge is 0.478 e. The summed E-state index contributed by atoms with van der Waals surface area (Å²) >= 11 is 0. The van der Waals surface area contributed by atoms with Gasteiger partial charge in [-0.15, -0.1) is 0 Å². The van der Waals surface area contributed by atoms with Crippen molar-refractivity contribution in [3.63, 3.8) is 0 Å². The molecule has 0 saturated carbocycles. The molecule has 18 nitrogen and oxygen atoms in total. The molecule has 2 amide bonds. The molecule has 0 atom stereocenters. The highest BCUT2D eigenvalue weighted by Crippen LogP contribution is 2.33. The molecule has 6 N–H and O–H groups in total. The van der Waals surface area contributed by atoms with Gasteiger partial charge in [0.1, 0.15) is 51.0 Å². The van der Waals surface area contributed by atoms with E-state index in [0.29, 0.717) is 58.1 Å². The normalized spacial score (nSPS) is 11.0. The molecule has 0 fully saturated rings. The number of nitrogens with one attached hydrogen (secondary N) is 2. The van der Waals surface area contributed by atoms with E-state index in [2.05, 4.69) is 10.6 Å². The van der Waals surface area contributed by atoms with E-state index in [4.69, 9.17) is 43.1 Å². The summed E-state index contributed by atoms with van der Waals surface area (Å²) in [6.45, 7) is 4.24. The Hall–Kier alpha value is -13.9. The molecule has 11 aromatic carbocycles. The minimum atomic E-state index is -1.02. The zero-order chi connectivity index (χ0) is 70.8. The molecule has 0 bridgehead atoms. The van der Waals surface area contributed by atoms with Crippen LogP contribution < -0.4 is 16.4 Å². The van der Waals surface area contributed by atoms with E-state index in [-0.39, 0.29) is 23.3 Å². The monoisotopic (exact) mass is 1340 g/mol. The van der Waals surface area contributed by atoms with Crippen LogP contribution in [0.3, 0.4) is 0 Å². The lowest BCUT2D eigenvalue weighted by atomic mass is 10.1. The van der Waals surface area contributed by atoms with Crippen molar-refractivity contribution in [2.24, 2.45) is 0 Å². The average Bonchev–Trinajstić information content (AvgIpc) is 1.67. The number of carboxylic acid groups (broad SMARTS) is 2. The highest BCUT2D eigenvalue weighted by molar-refractivity contribution is 6.13. The number of para-hydroxylation sites is 4. The van der Waals surface area contributed by atoms with Gasteiger partial charge < -0.3 is 53.7 Å². The fraction of sp³-hybridized carbons (Fsp3) is 0.0482. The number of carboxylic acids is 2. The van der Waals surface area contributed by atoms with Crippen molar-refractivity contribution in [1.82, 2.24) is 0 Å². The molecule has 500 valence electrons. The number of nitrogen functional groups attached to an aromatic ring is 1. The summed E-state index contributed by atoms with van der Waals surface area (Å²) in [6, 6.07) is 73.4. The van der Waals surface area contributed by atoms with Crippen LogP contribution in [0.15, 0.2) is 279 Å². The summed E-state index contributed by atoms with van der Waals surface area (Å²) in [5.74, 6) is -3.15. The number of hydrogen-bond donors (Lipinski definition) is 5. The van der Waals surface area contributed by atoms with Gasteiger partial charge in [-0.1, -0.05) is 109 Å². The maximum absolute atomic E-state index is 12.7. The number of furan rings is 4. The Labute approximate surface area is 576 Å². The Balaban J connectivity index is 0.000000131. The van der Waals surface area contributed by atoms with Crippen LogP contribution in [-0.2, 0) is 23.9 Å². The number of nitrogens with two attached hydrogens (primary N) is 1. The van der Waals surface area contributed by atoms with Crippen LogP contribution in [0, 0.1) is 0 Å². The fourth-order valence-electron chi connectivity index (χ4n) is 10.8. The summed E-state index contributed by atoms with van der Waals surface area (Å²) in [7, 11) is 0. The molecule has 0 aliphatic rings. The topological polar surface area (TPSA) is 281 Å². The van der Waals surface area contributed by atoms with Gasteiger partial charge >= 0.3 is 23.9 Å². The number of amides is 2. The Bertz CT molecular complexity index is 5690. The third-order valence-corrected chi connectivity index (χ3v) is 15.5. The summed E-state index contributed by atoms with van der Waals surface area (Å²) in [5.41, 5.74) is 18.1. The lowest BCUT2D eigenvalue weighted by molar-refractivity contribution is -0.138. The molecular formula is C83H63N3O15. The Kier molecular flexibility index (Phi) is 21.9. The van der Waals surface area contributed by atoms with Crippen LogP contribution in [0.2, 0.25) is 0 Å². The predicted octanol–water partition coefficient (Wildman–Crippen LogP) is 18.9. The van der Waals surface area contributed by atoms with Gasteiger partial charge in [0.15, 0.2) is 0 Å². The first kappa shape index (κ1) is 68.5. The van der Waals surface area contributed by atoms with E-state index in [1.54, 1.807) is 117 Å². The summed E-state index contributed by atoms with van der Waals surface area (Å²) in [6.07, 6.45) is 9.45. The lowest BCUT2D eigenvalue weighted by Crippen LogP contribution is -2.11. The van der Waals surface area contributed by atoms with Crippen LogP contribution in [-0.4, -0.2) is 65.4 Å². The van der Waals surface area contributed by atoms with Crippen LogP contribution in [0.4, 0.5) is 17.1 Å². The standard InChI is InChI=1S/C24H19NO4.C22H15NO4.C13H8O3.C13H8O2.C11H13NO2/c1-2-28-23(26)13-10-16-6-5-7-18(14-16)25-24(27)17-11-12-22-20(15-17)19-8-3-4-9-21(19)29-22;24-21(25)11-8-14-4-3-5-16(12-14)23-22(26)15-9-10-20-18(13-15)17-6-1-2-7-19(17)27-20;14-13(15)8-5-6-12-10(7-8)9-3-1-2-4-11(9)16-12;14-8-9-5-6-13-11(7-9)10-3-1-2-4-12(10)15-13;1-2-14-11(13)7-6-9-4-3-5-10(12)8-9/h3-15H,2H2,1H3,(H,25,27);1-13H,(H,23,26)(H,24,25);1-7H,(H,14,15);1-8H;3-8H,2,12H2,1H3/b13-10+;11-8+;;;7-6+. The van der Waals surface area contributed by atoms with E-state index in [1.165, 1.54) is 18.2 Å². The molecule has 0 radical (unpaired) electrons. The number of hydrogen-bond acceptors (Lipinski definition) is 14. The summed E-state index contributed by atoms with van der Waals surface area (Å²) < 4.78 is 32.4. The Morgan fingerprint density at radius 3 is 1.10 bits per heavy atom. The zero-order valence-corrected chi connectivity index (χ0v) is 54.3. The molecule has 15 aromatic rings. The van der Waals surface area contributed by atoms with Gasteiger partial charge in [0, 0.05) is 95.1 Å². The van der Waals surface area contributed by atoms with Crippen molar-refractivity contribution >= 4 is 165 Å². The quantitative estimate of drug-likeness (QED) is 0.0293. The third-order valence-electron chi connectivity index (χ3n) is 15.5. The Morgan fingerprint density at radius 1 is 0.366 bits per heavy atom. The number of benzene rings is 11. The van der Waals surface area contributed by atoms with Crippen molar-refractivity contribution < 1.29 is 70.9 Å².